The van der Waals surface area contributed by atoms with Gasteiger partial charge in [-0.25, -0.2) is 4.39 Å². The van der Waals surface area contributed by atoms with Crippen LogP contribution in [0.1, 0.15) is 32.0 Å². The zero-order valence-corrected chi connectivity index (χ0v) is 11.3. The molecule has 1 N–H and O–H groups in total. The fourth-order valence-electron chi connectivity index (χ4n) is 2.51. The quantitative estimate of drug-likeness (QED) is 0.801. The second-order valence-electron chi connectivity index (χ2n) is 5.01. The largest absolute Gasteiger partial charge is 0.342 e. The highest BCUT2D eigenvalue weighted by atomic mass is 19.1. The number of nitrogens with zero attached hydrogens (tertiary/aromatic N) is 1. The predicted molar refractivity (Wildman–Crippen MR) is 74.5 cm³/mol. The summed E-state index contributed by atoms with van der Waals surface area (Å²) < 4.78 is 15.6. The van der Waals surface area contributed by atoms with Crippen LogP contribution in [-0.2, 0) is 6.42 Å². The van der Waals surface area contributed by atoms with Gasteiger partial charge in [0.1, 0.15) is 5.82 Å². The van der Waals surface area contributed by atoms with Crippen LogP contribution in [0.25, 0.3) is 10.9 Å². The number of aromatic nitrogens is 1. The predicted octanol–water partition coefficient (Wildman–Crippen LogP) is 3.51. The van der Waals surface area contributed by atoms with E-state index in [0.29, 0.717) is 6.04 Å². The van der Waals surface area contributed by atoms with E-state index in [0.717, 1.165) is 30.3 Å². The zero-order valence-electron chi connectivity index (χ0n) is 11.3. The number of halogens is 1. The average molecular weight is 248 g/mol. The zero-order chi connectivity index (χ0) is 13.1. The molecular weight excluding hydrogens is 227 g/mol. The topological polar surface area (TPSA) is 17.0 Å². The van der Waals surface area contributed by atoms with Gasteiger partial charge in [-0.05, 0) is 64.5 Å². The van der Waals surface area contributed by atoms with Gasteiger partial charge in [-0.3, -0.25) is 0 Å². The molecule has 98 valence electrons. The minimum absolute atomic E-state index is 0.162. The lowest BCUT2D eigenvalue weighted by Crippen LogP contribution is -2.11. The molecule has 1 heterocycles. The fraction of sp³-hybridized carbons (Fsp3) is 0.467. The molecule has 0 unspecified atom stereocenters. The van der Waals surface area contributed by atoms with Crippen LogP contribution < -0.4 is 5.32 Å². The molecule has 18 heavy (non-hydrogen) atoms. The first-order valence-corrected chi connectivity index (χ1v) is 6.57. The summed E-state index contributed by atoms with van der Waals surface area (Å²) in [6, 6.07) is 7.56. The van der Waals surface area contributed by atoms with Gasteiger partial charge >= 0.3 is 0 Å². The minimum atomic E-state index is -0.162. The van der Waals surface area contributed by atoms with E-state index < -0.39 is 0 Å². The number of rotatable bonds is 5. The molecule has 1 aromatic carbocycles. The molecule has 0 aliphatic rings. The third-order valence-electron chi connectivity index (χ3n) is 3.26. The van der Waals surface area contributed by atoms with Gasteiger partial charge < -0.3 is 9.88 Å². The van der Waals surface area contributed by atoms with Crippen LogP contribution >= 0.6 is 0 Å². The first kappa shape index (κ1) is 13.1. The van der Waals surface area contributed by atoms with E-state index in [9.17, 15) is 4.39 Å². The maximum Gasteiger partial charge on any atom is 0.123 e. The van der Waals surface area contributed by atoms with Crippen molar-refractivity contribution in [1.82, 2.24) is 9.88 Å². The molecule has 0 atom stereocenters. The van der Waals surface area contributed by atoms with Gasteiger partial charge in [0.25, 0.3) is 0 Å². The van der Waals surface area contributed by atoms with Crippen molar-refractivity contribution in [2.45, 2.75) is 32.7 Å². The molecule has 0 saturated carbocycles. The third kappa shape index (κ3) is 2.56. The van der Waals surface area contributed by atoms with Gasteiger partial charge in [0.15, 0.2) is 0 Å². The van der Waals surface area contributed by atoms with E-state index in [4.69, 9.17) is 0 Å². The van der Waals surface area contributed by atoms with E-state index >= 15 is 0 Å². The summed E-state index contributed by atoms with van der Waals surface area (Å²) in [6.45, 7) is 5.35. The summed E-state index contributed by atoms with van der Waals surface area (Å²) in [7, 11) is 1.97. The van der Waals surface area contributed by atoms with Crippen molar-refractivity contribution in [2.75, 3.05) is 13.6 Å². The number of fused-ring (bicyclic) bond motifs is 1. The molecule has 0 spiro atoms. The highest BCUT2D eigenvalue weighted by molar-refractivity contribution is 5.81. The number of hydrogen-bond donors (Lipinski definition) is 1. The summed E-state index contributed by atoms with van der Waals surface area (Å²) in [5, 5.41) is 4.16. The molecule has 2 nitrogen and oxygen atoms in total. The Kier molecular flexibility index (Phi) is 4.02. The van der Waals surface area contributed by atoms with Crippen LogP contribution in [0.5, 0.6) is 0 Å². The minimum Gasteiger partial charge on any atom is -0.342 e. The van der Waals surface area contributed by atoms with Crippen molar-refractivity contribution in [1.29, 1.82) is 0 Å². The highest BCUT2D eigenvalue weighted by Crippen LogP contribution is 2.25. The van der Waals surface area contributed by atoms with Crippen molar-refractivity contribution in [3.63, 3.8) is 0 Å². The van der Waals surface area contributed by atoms with Crippen LogP contribution in [-0.4, -0.2) is 18.2 Å². The maximum absolute atomic E-state index is 13.3. The van der Waals surface area contributed by atoms with Crippen molar-refractivity contribution >= 4 is 10.9 Å². The second-order valence-corrected chi connectivity index (χ2v) is 5.01. The Morgan fingerprint density at radius 1 is 1.28 bits per heavy atom. The fourth-order valence-corrected chi connectivity index (χ4v) is 2.51. The molecule has 0 aliphatic heterocycles. The van der Waals surface area contributed by atoms with Crippen LogP contribution in [0, 0.1) is 5.82 Å². The standard InChI is InChI=1S/C15H21FN2/c1-11(2)18-14(5-4-8-17-3)10-12-9-13(16)6-7-15(12)18/h6-7,9-11,17H,4-5,8H2,1-3H3. The molecule has 0 fully saturated rings. The Morgan fingerprint density at radius 2 is 2.06 bits per heavy atom. The molecule has 0 radical (unpaired) electrons. The van der Waals surface area contributed by atoms with Crippen molar-refractivity contribution < 1.29 is 4.39 Å². The van der Waals surface area contributed by atoms with Gasteiger partial charge in [-0.1, -0.05) is 0 Å². The summed E-state index contributed by atoms with van der Waals surface area (Å²) in [5.74, 6) is -0.162. The lowest BCUT2D eigenvalue weighted by molar-refractivity contribution is 0.581. The molecule has 0 aliphatic carbocycles. The SMILES string of the molecule is CNCCCc1cc2cc(F)ccc2n1C(C)C. The van der Waals surface area contributed by atoms with E-state index in [1.165, 1.54) is 5.69 Å². The molecule has 0 amide bonds. The molecule has 1 aromatic heterocycles. The lowest BCUT2D eigenvalue weighted by atomic mass is 10.2. The first-order chi connectivity index (χ1) is 8.63. The van der Waals surface area contributed by atoms with Gasteiger partial charge in [-0.15, -0.1) is 0 Å². The van der Waals surface area contributed by atoms with E-state index in [-0.39, 0.29) is 5.82 Å². The van der Waals surface area contributed by atoms with E-state index in [1.54, 1.807) is 12.1 Å². The van der Waals surface area contributed by atoms with Crippen LogP contribution in [0.4, 0.5) is 4.39 Å². The summed E-state index contributed by atoms with van der Waals surface area (Å²) in [6.07, 6.45) is 2.12. The Hall–Kier alpha value is -1.35. The van der Waals surface area contributed by atoms with Crippen molar-refractivity contribution in [3.05, 3.63) is 35.8 Å². The van der Waals surface area contributed by atoms with Crippen molar-refractivity contribution in [2.24, 2.45) is 0 Å². The summed E-state index contributed by atoms with van der Waals surface area (Å²) >= 11 is 0. The van der Waals surface area contributed by atoms with Crippen molar-refractivity contribution in [3.8, 4) is 0 Å². The summed E-state index contributed by atoms with van der Waals surface area (Å²) in [4.78, 5) is 0. The number of benzene rings is 1. The molecule has 2 aromatic rings. The maximum atomic E-state index is 13.3. The lowest BCUT2D eigenvalue weighted by Gasteiger charge is -2.14. The average Bonchev–Trinajstić information content (AvgIpc) is 2.66. The van der Waals surface area contributed by atoms with Gasteiger partial charge in [0.2, 0.25) is 0 Å². The van der Waals surface area contributed by atoms with Crippen LogP contribution in [0.15, 0.2) is 24.3 Å². The Bertz CT molecular complexity index is 529. The molecular formula is C15H21FN2. The molecule has 3 heteroatoms. The number of aryl methyl sites for hydroxylation is 1. The van der Waals surface area contributed by atoms with Gasteiger partial charge in [0, 0.05) is 22.6 Å². The second kappa shape index (κ2) is 5.53. The molecule has 2 rings (SSSR count). The highest BCUT2D eigenvalue weighted by Gasteiger charge is 2.11. The molecule has 0 saturated heterocycles. The first-order valence-electron chi connectivity index (χ1n) is 6.57. The van der Waals surface area contributed by atoms with Crippen LogP contribution in [0.3, 0.4) is 0 Å². The van der Waals surface area contributed by atoms with E-state index in [1.807, 2.05) is 13.1 Å². The smallest absolute Gasteiger partial charge is 0.123 e. The number of nitrogens with one attached hydrogen (secondary N) is 1. The van der Waals surface area contributed by atoms with E-state index in [2.05, 4.69) is 29.8 Å². The van der Waals surface area contributed by atoms with Gasteiger partial charge in [-0.2, -0.15) is 0 Å². The van der Waals surface area contributed by atoms with Crippen LogP contribution in [0.2, 0.25) is 0 Å². The van der Waals surface area contributed by atoms with Gasteiger partial charge in [0.05, 0.1) is 0 Å². The Morgan fingerprint density at radius 3 is 2.72 bits per heavy atom. The Balaban J connectivity index is 2.41. The Labute approximate surface area is 108 Å². The monoisotopic (exact) mass is 248 g/mol. The summed E-state index contributed by atoms with van der Waals surface area (Å²) in [5.41, 5.74) is 2.42. The third-order valence-corrected chi connectivity index (χ3v) is 3.26. The number of hydrogen-bond acceptors (Lipinski definition) is 1. The normalized spacial score (nSPS) is 11.6. The molecule has 0 bridgehead atoms.